The first kappa shape index (κ1) is 14.2. The van der Waals surface area contributed by atoms with Crippen LogP contribution >= 0.6 is 11.6 Å². The Hall–Kier alpha value is -1.91. The van der Waals surface area contributed by atoms with Crippen LogP contribution < -0.4 is 10.6 Å². The Kier molecular flexibility index (Phi) is 5.84. The number of hydrogen-bond donors (Lipinski definition) is 2. The summed E-state index contributed by atoms with van der Waals surface area (Å²) in [6, 6.07) is 4.99. The average Bonchev–Trinajstić information content (AvgIpc) is 2.34. The highest BCUT2D eigenvalue weighted by Gasteiger charge is 2.02. The molecule has 0 saturated heterocycles. The lowest BCUT2D eigenvalue weighted by Gasteiger charge is -2.08. The molecule has 0 aliphatic rings. The minimum absolute atomic E-state index is 0.309. The maximum atomic E-state index is 11.5. The van der Waals surface area contributed by atoms with Gasteiger partial charge in [0.2, 0.25) is 0 Å². The van der Waals surface area contributed by atoms with Crippen molar-refractivity contribution >= 4 is 23.3 Å². The SMILES string of the molecule is Cc1ccc(NC(=O)NCCCN=[N+]=[N-])cc1Cl. The smallest absolute Gasteiger partial charge is 0.319 e. The number of benzene rings is 1. The van der Waals surface area contributed by atoms with Crippen LogP contribution in [0.4, 0.5) is 10.5 Å². The quantitative estimate of drug-likeness (QED) is 0.364. The average molecular weight is 268 g/mol. The molecule has 0 aliphatic carbocycles. The number of nitrogens with one attached hydrogen (secondary N) is 2. The molecule has 2 N–H and O–H groups in total. The Morgan fingerprint density at radius 3 is 3.00 bits per heavy atom. The highest BCUT2D eigenvalue weighted by Crippen LogP contribution is 2.19. The second kappa shape index (κ2) is 7.42. The van der Waals surface area contributed by atoms with Crippen LogP contribution in [0.5, 0.6) is 0 Å². The fourth-order valence-corrected chi connectivity index (χ4v) is 1.42. The summed E-state index contributed by atoms with van der Waals surface area (Å²) in [5.74, 6) is 0. The Bertz CT molecular complexity index is 471. The summed E-state index contributed by atoms with van der Waals surface area (Å²) in [6.45, 7) is 2.71. The highest BCUT2D eigenvalue weighted by atomic mass is 35.5. The molecule has 0 aromatic heterocycles. The normalized spacial score (nSPS) is 9.44. The number of carbonyl (C=O) groups is 1. The molecule has 96 valence electrons. The van der Waals surface area contributed by atoms with Crippen molar-refractivity contribution in [2.24, 2.45) is 5.11 Å². The molecule has 0 saturated carbocycles. The summed E-state index contributed by atoms with van der Waals surface area (Å²) in [7, 11) is 0. The van der Waals surface area contributed by atoms with Gasteiger partial charge in [0.1, 0.15) is 0 Å². The predicted octanol–water partition coefficient (Wildman–Crippen LogP) is 3.47. The predicted molar refractivity (Wildman–Crippen MR) is 71.8 cm³/mol. The second-order valence-electron chi connectivity index (χ2n) is 3.65. The maximum absolute atomic E-state index is 11.5. The Balaban J connectivity index is 2.35. The number of rotatable bonds is 5. The minimum Gasteiger partial charge on any atom is -0.338 e. The Morgan fingerprint density at radius 1 is 1.56 bits per heavy atom. The highest BCUT2D eigenvalue weighted by molar-refractivity contribution is 6.31. The van der Waals surface area contributed by atoms with Gasteiger partial charge < -0.3 is 10.6 Å². The van der Waals surface area contributed by atoms with E-state index >= 15 is 0 Å². The van der Waals surface area contributed by atoms with Gasteiger partial charge in [0.15, 0.2) is 0 Å². The van der Waals surface area contributed by atoms with Gasteiger partial charge in [-0.2, -0.15) is 0 Å². The van der Waals surface area contributed by atoms with Crippen LogP contribution in [0.15, 0.2) is 23.3 Å². The lowest BCUT2D eigenvalue weighted by molar-refractivity contribution is 0.252. The van der Waals surface area contributed by atoms with Gasteiger partial charge in [-0.1, -0.05) is 22.8 Å². The molecular formula is C11H14ClN5O. The number of amides is 2. The largest absolute Gasteiger partial charge is 0.338 e. The summed E-state index contributed by atoms with van der Waals surface area (Å²) >= 11 is 5.94. The number of aryl methyl sites for hydroxylation is 1. The van der Waals surface area contributed by atoms with Gasteiger partial charge in [0.05, 0.1) is 0 Å². The maximum Gasteiger partial charge on any atom is 0.319 e. The molecule has 0 heterocycles. The van der Waals surface area contributed by atoms with Crippen LogP contribution in [-0.4, -0.2) is 19.1 Å². The third-order valence-corrected chi connectivity index (χ3v) is 2.62. The topological polar surface area (TPSA) is 89.9 Å². The van der Waals surface area contributed by atoms with Crippen molar-refractivity contribution in [3.63, 3.8) is 0 Å². The molecule has 0 unspecified atom stereocenters. The number of anilines is 1. The molecule has 0 fully saturated rings. The van der Waals surface area contributed by atoms with E-state index in [2.05, 4.69) is 20.7 Å². The summed E-state index contributed by atoms with van der Waals surface area (Å²) in [5.41, 5.74) is 9.66. The molecule has 0 bridgehead atoms. The monoisotopic (exact) mass is 267 g/mol. The van der Waals surface area contributed by atoms with Crippen LogP contribution in [0.3, 0.4) is 0 Å². The molecule has 6 nitrogen and oxygen atoms in total. The molecule has 1 aromatic carbocycles. The van der Waals surface area contributed by atoms with Gasteiger partial charge in [0.25, 0.3) is 0 Å². The van der Waals surface area contributed by atoms with Crippen LogP contribution in [-0.2, 0) is 0 Å². The minimum atomic E-state index is -0.309. The van der Waals surface area contributed by atoms with Gasteiger partial charge in [0, 0.05) is 28.7 Å². The van der Waals surface area contributed by atoms with Crippen LogP contribution in [0.2, 0.25) is 5.02 Å². The molecule has 2 amide bonds. The Labute approximate surface area is 110 Å². The van der Waals surface area contributed by atoms with Crippen LogP contribution in [0.1, 0.15) is 12.0 Å². The summed E-state index contributed by atoms with van der Waals surface area (Å²) in [4.78, 5) is 14.1. The van der Waals surface area contributed by atoms with Gasteiger partial charge in [-0.05, 0) is 36.6 Å². The second-order valence-corrected chi connectivity index (χ2v) is 4.06. The van der Waals surface area contributed by atoms with Gasteiger partial charge in [-0.3, -0.25) is 0 Å². The zero-order chi connectivity index (χ0) is 13.4. The lowest BCUT2D eigenvalue weighted by atomic mass is 10.2. The number of carbonyl (C=O) groups excluding carboxylic acids is 1. The van der Waals surface area contributed by atoms with E-state index < -0.39 is 0 Å². The van der Waals surface area contributed by atoms with E-state index in [1.807, 2.05) is 13.0 Å². The molecular weight excluding hydrogens is 254 g/mol. The van der Waals surface area contributed by atoms with Crippen LogP contribution in [0, 0.1) is 6.92 Å². The fraction of sp³-hybridized carbons (Fsp3) is 0.364. The Morgan fingerprint density at radius 2 is 2.33 bits per heavy atom. The number of halogens is 1. The van der Waals surface area contributed by atoms with Crippen molar-refractivity contribution in [2.45, 2.75) is 13.3 Å². The summed E-state index contributed by atoms with van der Waals surface area (Å²) < 4.78 is 0. The van der Waals surface area contributed by atoms with E-state index in [1.54, 1.807) is 12.1 Å². The number of hydrogen-bond acceptors (Lipinski definition) is 2. The van der Waals surface area contributed by atoms with Crippen molar-refractivity contribution in [1.29, 1.82) is 0 Å². The summed E-state index contributed by atoms with van der Waals surface area (Å²) in [6.07, 6.45) is 0.603. The zero-order valence-electron chi connectivity index (χ0n) is 9.98. The van der Waals surface area contributed by atoms with Gasteiger partial charge in [-0.25, -0.2) is 4.79 Å². The van der Waals surface area contributed by atoms with Crippen LogP contribution in [0.25, 0.3) is 10.4 Å². The number of nitrogens with zero attached hydrogens (tertiary/aromatic N) is 3. The fourth-order valence-electron chi connectivity index (χ4n) is 1.24. The van der Waals surface area contributed by atoms with E-state index in [-0.39, 0.29) is 6.03 Å². The van der Waals surface area contributed by atoms with Crippen molar-refractivity contribution < 1.29 is 4.79 Å². The van der Waals surface area contributed by atoms with E-state index in [0.29, 0.717) is 30.2 Å². The van der Waals surface area contributed by atoms with Crippen molar-refractivity contribution in [1.82, 2.24) is 5.32 Å². The van der Waals surface area contributed by atoms with E-state index in [4.69, 9.17) is 17.1 Å². The molecule has 0 atom stereocenters. The van der Waals surface area contributed by atoms with E-state index in [0.717, 1.165) is 5.56 Å². The molecule has 1 aromatic rings. The molecule has 18 heavy (non-hydrogen) atoms. The first-order valence-corrected chi connectivity index (χ1v) is 5.83. The van der Waals surface area contributed by atoms with Crippen molar-refractivity contribution in [3.05, 3.63) is 39.2 Å². The van der Waals surface area contributed by atoms with E-state index in [1.165, 1.54) is 0 Å². The lowest BCUT2D eigenvalue weighted by Crippen LogP contribution is -2.29. The van der Waals surface area contributed by atoms with Crippen molar-refractivity contribution in [2.75, 3.05) is 18.4 Å². The first-order chi connectivity index (χ1) is 8.63. The number of urea groups is 1. The van der Waals surface area contributed by atoms with Gasteiger partial charge in [-0.15, -0.1) is 0 Å². The molecule has 7 heteroatoms. The summed E-state index contributed by atoms with van der Waals surface area (Å²) in [5, 5.41) is 9.28. The van der Waals surface area contributed by atoms with E-state index in [9.17, 15) is 4.79 Å². The van der Waals surface area contributed by atoms with Gasteiger partial charge >= 0.3 is 6.03 Å². The molecule has 1 rings (SSSR count). The third-order valence-electron chi connectivity index (χ3n) is 2.21. The molecule has 0 radical (unpaired) electrons. The zero-order valence-corrected chi connectivity index (χ0v) is 10.7. The third kappa shape index (κ3) is 4.95. The first-order valence-electron chi connectivity index (χ1n) is 5.45. The standard InChI is InChI=1S/C11H14ClN5O/c1-8-3-4-9(7-10(8)12)16-11(18)14-5-2-6-15-17-13/h3-4,7H,2,5-6H2,1H3,(H2,14,16,18). The van der Waals surface area contributed by atoms with Crippen molar-refractivity contribution in [3.8, 4) is 0 Å². The molecule has 0 aliphatic heterocycles. The number of azide groups is 1. The molecule has 0 spiro atoms.